The van der Waals surface area contributed by atoms with Crippen molar-refractivity contribution in [3.05, 3.63) is 24.5 Å². The maximum atomic E-state index is 10.2. The summed E-state index contributed by atoms with van der Waals surface area (Å²) in [6, 6.07) is 3.50. The molecule has 1 aromatic heterocycles. The summed E-state index contributed by atoms with van der Waals surface area (Å²) in [5.41, 5.74) is 0. The largest absolute Gasteiger partial charge is 1.00 e. The van der Waals surface area contributed by atoms with Gasteiger partial charge in [0.2, 0.25) is 0 Å². The van der Waals surface area contributed by atoms with Crippen LogP contribution in [0.4, 0.5) is 0 Å². The third kappa shape index (κ3) is 5.79. The number of rotatable bonds is 4. The maximum absolute atomic E-state index is 10.2. The van der Waals surface area contributed by atoms with E-state index in [9.17, 15) is 13.0 Å². The quantitative estimate of drug-likeness (QED) is 0.425. The van der Waals surface area contributed by atoms with Crippen LogP contribution in [-0.2, 0) is 16.7 Å². The van der Waals surface area contributed by atoms with Crippen molar-refractivity contribution in [3.63, 3.8) is 0 Å². The van der Waals surface area contributed by atoms with Gasteiger partial charge in [0.05, 0.1) is 22.0 Å². The molecule has 1 unspecified atom stereocenters. The van der Waals surface area contributed by atoms with Crippen LogP contribution >= 0.6 is 0 Å². The van der Waals surface area contributed by atoms with Crippen LogP contribution in [0.2, 0.25) is 0 Å². The van der Waals surface area contributed by atoms with E-state index in [1.165, 1.54) is 0 Å². The third-order valence-electron chi connectivity index (χ3n) is 1.48. The van der Waals surface area contributed by atoms with Gasteiger partial charge in [-0.2, -0.15) is 0 Å². The number of nitrogens with zero attached hydrogens (tertiary/aromatic N) is 1. The zero-order valence-corrected chi connectivity index (χ0v) is 10.6. The van der Waals surface area contributed by atoms with Crippen molar-refractivity contribution >= 4 is 10.1 Å². The molecule has 7 heteroatoms. The first-order chi connectivity index (χ1) is 5.97. The van der Waals surface area contributed by atoms with Crippen LogP contribution in [0.1, 0.15) is 0 Å². The minimum Gasteiger partial charge on any atom is -0.748 e. The first kappa shape index (κ1) is 14.2. The van der Waals surface area contributed by atoms with E-state index in [4.69, 9.17) is 5.11 Å². The smallest absolute Gasteiger partial charge is 0.748 e. The molecule has 1 heterocycles. The van der Waals surface area contributed by atoms with Gasteiger partial charge in [0.1, 0.15) is 0 Å². The summed E-state index contributed by atoms with van der Waals surface area (Å²) in [7, 11) is -4.34. The number of aromatic nitrogens is 1. The van der Waals surface area contributed by atoms with Crippen LogP contribution in [0.3, 0.4) is 0 Å². The summed E-state index contributed by atoms with van der Waals surface area (Å²) < 4.78 is 32.3. The van der Waals surface area contributed by atoms with Crippen molar-refractivity contribution in [1.29, 1.82) is 0 Å². The van der Waals surface area contributed by atoms with Gasteiger partial charge >= 0.3 is 29.6 Å². The van der Waals surface area contributed by atoms with Crippen LogP contribution in [0, 0.1) is 0 Å². The second-order valence-electron chi connectivity index (χ2n) is 2.76. The van der Waals surface area contributed by atoms with Crippen LogP contribution in [-0.4, -0.2) is 34.5 Å². The molecule has 0 spiro atoms. The van der Waals surface area contributed by atoms with E-state index in [-0.39, 0.29) is 36.1 Å². The molecule has 0 saturated carbocycles. The van der Waals surface area contributed by atoms with Gasteiger partial charge in [-0.1, -0.05) is 0 Å². The van der Waals surface area contributed by atoms with Gasteiger partial charge in [-0.05, 0) is 12.1 Å². The summed E-state index contributed by atoms with van der Waals surface area (Å²) in [5, 5.41) is 9.16. The fourth-order valence-electron chi connectivity index (χ4n) is 1.02. The van der Waals surface area contributed by atoms with Gasteiger partial charge in [0.15, 0.2) is 0 Å². The Morgan fingerprint density at radius 3 is 2.29 bits per heavy atom. The first-order valence-electron chi connectivity index (χ1n) is 3.70. The molecule has 74 valence electrons. The fourth-order valence-corrected chi connectivity index (χ4v) is 1.60. The van der Waals surface area contributed by atoms with Crippen LogP contribution in [0.5, 0.6) is 0 Å². The Kier molecular flexibility index (Phi) is 5.96. The summed E-state index contributed by atoms with van der Waals surface area (Å²) in [5.74, 6) is -0.745. The number of hydrogen-bond acceptors (Lipinski definition) is 4. The first-order valence-corrected chi connectivity index (χ1v) is 5.27. The molecule has 1 aromatic rings. The second-order valence-corrected chi connectivity index (χ2v) is 4.21. The Bertz CT molecular complexity index is 348. The predicted octanol–water partition coefficient (Wildman–Crippen LogP) is -3.60. The molecule has 0 aliphatic rings. The molecule has 0 aliphatic heterocycles. The summed E-state index contributed by atoms with van der Waals surface area (Å²) in [6.07, 6.45) is 2.22. The molecule has 0 bridgehead atoms. The van der Waals surface area contributed by atoms with Crippen LogP contribution in [0.25, 0.3) is 0 Å². The standard InChI is InChI=1S/C7H11NO4S.Na/c9-7(6-13(10,11)12)5-8-3-1-2-4-8;/h1-4,7,9H,5-6H2,(H,10,11,12);/q;+1/p-1. The molecular formula is C7H10NNaO4S. The van der Waals surface area contributed by atoms with Gasteiger partial charge in [-0.15, -0.1) is 0 Å². The van der Waals surface area contributed by atoms with E-state index in [2.05, 4.69) is 0 Å². The maximum Gasteiger partial charge on any atom is 1.00 e. The SMILES string of the molecule is O=S(=O)([O-])CC(O)Cn1cccc1.[Na+]. The minimum absolute atomic E-state index is 0. The molecule has 1 N–H and O–H groups in total. The van der Waals surface area contributed by atoms with Gasteiger partial charge in [-0.3, -0.25) is 0 Å². The van der Waals surface area contributed by atoms with E-state index in [0.717, 1.165) is 0 Å². The molecule has 1 atom stereocenters. The van der Waals surface area contributed by atoms with Crippen molar-refractivity contribution in [2.24, 2.45) is 0 Å². The number of aliphatic hydroxyl groups excluding tert-OH is 1. The minimum atomic E-state index is -4.34. The van der Waals surface area contributed by atoms with Gasteiger partial charge in [0.25, 0.3) is 0 Å². The molecule has 1 rings (SSSR count). The van der Waals surface area contributed by atoms with E-state index in [1.807, 2.05) is 0 Å². The zero-order valence-electron chi connectivity index (χ0n) is 7.83. The van der Waals surface area contributed by atoms with Crippen LogP contribution in [0.15, 0.2) is 24.5 Å². The normalized spacial score (nSPS) is 13.3. The predicted molar refractivity (Wildman–Crippen MR) is 45.0 cm³/mol. The van der Waals surface area contributed by atoms with Gasteiger partial charge < -0.3 is 14.2 Å². The second kappa shape index (κ2) is 5.89. The van der Waals surface area contributed by atoms with Crippen molar-refractivity contribution in [2.45, 2.75) is 12.6 Å². The van der Waals surface area contributed by atoms with Crippen LogP contribution < -0.4 is 29.6 Å². The average Bonchev–Trinajstić information content (AvgIpc) is 2.34. The molecular weight excluding hydrogens is 217 g/mol. The van der Waals surface area contributed by atoms with Gasteiger partial charge in [-0.25, -0.2) is 8.42 Å². The van der Waals surface area contributed by atoms with E-state index in [1.54, 1.807) is 29.1 Å². The summed E-state index contributed by atoms with van der Waals surface area (Å²) in [4.78, 5) is 0. The van der Waals surface area contributed by atoms with Crippen molar-refractivity contribution in [3.8, 4) is 0 Å². The third-order valence-corrected chi connectivity index (χ3v) is 2.28. The Morgan fingerprint density at radius 2 is 1.86 bits per heavy atom. The van der Waals surface area contributed by atoms with E-state index in [0.29, 0.717) is 0 Å². The molecule has 0 aliphatic carbocycles. The Hall–Kier alpha value is 0.150. The number of aliphatic hydroxyl groups is 1. The summed E-state index contributed by atoms with van der Waals surface area (Å²) in [6.45, 7) is 0.120. The summed E-state index contributed by atoms with van der Waals surface area (Å²) >= 11 is 0. The van der Waals surface area contributed by atoms with Gasteiger partial charge in [0, 0.05) is 18.9 Å². The molecule has 0 aromatic carbocycles. The van der Waals surface area contributed by atoms with E-state index < -0.39 is 22.0 Å². The monoisotopic (exact) mass is 227 g/mol. The Labute approximate surface area is 105 Å². The van der Waals surface area contributed by atoms with Crippen molar-refractivity contribution < 1.29 is 47.6 Å². The fraction of sp³-hybridized carbons (Fsp3) is 0.429. The Morgan fingerprint density at radius 1 is 1.36 bits per heavy atom. The van der Waals surface area contributed by atoms with E-state index >= 15 is 0 Å². The molecule has 14 heavy (non-hydrogen) atoms. The molecule has 0 saturated heterocycles. The zero-order chi connectivity index (χ0) is 9.90. The average molecular weight is 227 g/mol. The molecule has 0 fully saturated rings. The molecule has 5 nitrogen and oxygen atoms in total. The topological polar surface area (TPSA) is 82.4 Å². The molecule has 0 radical (unpaired) electrons. The van der Waals surface area contributed by atoms with Crippen molar-refractivity contribution in [2.75, 3.05) is 5.75 Å². The Balaban J connectivity index is 0.00000169. The van der Waals surface area contributed by atoms with Crippen molar-refractivity contribution in [1.82, 2.24) is 4.57 Å². The number of hydrogen-bond donors (Lipinski definition) is 1. The molecule has 0 amide bonds.